The molecule has 6 nitrogen and oxygen atoms in total. The summed E-state index contributed by atoms with van der Waals surface area (Å²) in [5.41, 5.74) is 8.51. The predicted octanol–water partition coefficient (Wildman–Crippen LogP) is 6.35. The molecule has 6 heteroatoms. The highest BCUT2D eigenvalue weighted by Gasteiger charge is 2.53. The number of carbonyl (C=O) groups is 2. The Morgan fingerprint density at radius 3 is 1.16 bits per heavy atom. The standard InChI is InChI=1S/C31H48N4O2/c1-20(30-14-22-8-23(15-30)10-24(9-22)16-30)32-34-28(36)6-4-3-5-7-29(37)35-33-21(2)31-17-25-11-26(18-31)13-27(12-25)19-31/h22-27H,3-19H2,1-2H3,(H,34,36)(H,35,37)/b32-20+,33-21+. The average Bonchev–Trinajstić information content (AvgIpc) is 2.84. The van der Waals surface area contributed by atoms with Gasteiger partial charge in [0.05, 0.1) is 0 Å². The Labute approximate surface area is 223 Å². The summed E-state index contributed by atoms with van der Waals surface area (Å²) < 4.78 is 0. The van der Waals surface area contributed by atoms with Crippen LogP contribution in [0, 0.1) is 46.3 Å². The number of nitrogens with zero attached hydrogens (tertiary/aromatic N) is 2. The Balaban J connectivity index is 0.879. The molecular formula is C31H48N4O2. The minimum absolute atomic E-state index is 0.00401. The second kappa shape index (κ2) is 10.1. The van der Waals surface area contributed by atoms with E-state index in [1.165, 1.54) is 77.0 Å². The van der Waals surface area contributed by atoms with Crippen LogP contribution in [-0.4, -0.2) is 23.2 Å². The van der Waals surface area contributed by atoms with Crippen molar-refractivity contribution in [1.29, 1.82) is 0 Å². The second-order valence-corrected chi connectivity index (χ2v) is 14.4. The topological polar surface area (TPSA) is 82.9 Å². The molecule has 8 aliphatic carbocycles. The van der Waals surface area contributed by atoms with Crippen molar-refractivity contribution < 1.29 is 9.59 Å². The van der Waals surface area contributed by atoms with E-state index in [0.717, 1.165) is 66.2 Å². The van der Waals surface area contributed by atoms with Crippen LogP contribution in [0.4, 0.5) is 0 Å². The Morgan fingerprint density at radius 2 is 0.865 bits per heavy atom. The van der Waals surface area contributed by atoms with Crippen LogP contribution in [0.5, 0.6) is 0 Å². The summed E-state index contributed by atoms with van der Waals surface area (Å²) in [7, 11) is 0. The van der Waals surface area contributed by atoms with Gasteiger partial charge in [0.1, 0.15) is 0 Å². The molecule has 0 saturated heterocycles. The third-order valence-electron chi connectivity index (χ3n) is 11.6. The zero-order valence-corrected chi connectivity index (χ0v) is 23.2. The molecule has 8 saturated carbocycles. The maximum absolute atomic E-state index is 12.4. The van der Waals surface area contributed by atoms with Crippen molar-refractivity contribution in [3.05, 3.63) is 0 Å². The fourth-order valence-electron chi connectivity index (χ4n) is 10.5. The van der Waals surface area contributed by atoms with Gasteiger partial charge in [-0.05, 0) is 139 Å². The Morgan fingerprint density at radius 1 is 0.568 bits per heavy atom. The van der Waals surface area contributed by atoms with Crippen molar-refractivity contribution >= 4 is 23.2 Å². The van der Waals surface area contributed by atoms with Crippen LogP contribution in [0.25, 0.3) is 0 Å². The first kappa shape index (κ1) is 25.6. The lowest BCUT2D eigenvalue weighted by Crippen LogP contribution is -2.49. The first-order valence-corrected chi connectivity index (χ1v) is 15.5. The number of carbonyl (C=O) groups excluding carboxylic acids is 2. The molecule has 0 aromatic rings. The highest BCUT2D eigenvalue weighted by Crippen LogP contribution is 2.61. The molecule has 0 atom stereocenters. The van der Waals surface area contributed by atoms with E-state index in [9.17, 15) is 9.59 Å². The number of hydrogen-bond donors (Lipinski definition) is 2. The molecule has 0 radical (unpaired) electrons. The second-order valence-electron chi connectivity index (χ2n) is 14.4. The Bertz CT molecular complexity index is 820. The molecule has 8 aliphatic rings. The summed E-state index contributed by atoms with van der Waals surface area (Å²) >= 11 is 0. The van der Waals surface area contributed by atoms with Crippen LogP contribution in [-0.2, 0) is 9.59 Å². The smallest absolute Gasteiger partial charge is 0.240 e. The molecular weight excluding hydrogens is 460 g/mol. The van der Waals surface area contributed by atoms with Gasteiger partial charge in [0.15, 0.2) is 0 Å². The van der Waals surface area contributed by atoms with E-state index >= 15 is 0 Å². The van der Waals surface area contributed by atoms with Gasteiger partial charge in [0.2, 0.25) is 11.8 Å². The van der Waals surface area contributed by atoms with Gasteiger partial charge in [-0.15, -0.1) is 0 Å². The number of hydrazone groups is 2. The zero-order valence-electron chi connectivity index (χ0n) is 23.2. The molecule has 2 N–H and O–H groups in total. The van der Waals surface area contributed by atoms with Gasteiger partial charge in [0.25, 0.3) is 0 Å². The fourth-order valence-corrected chi connectivity index (χ4v) is 10.5. The van der Waals surface area contributed by atoms with Gasteiger partial charge in [-0.25, -0.2) is 10.9 Å². The van der Waals surface area contributed by atoms with Gasteiger partial charge < -0.3 is 0 Å². The SMILES string of the molecule is C/C(=N\NC(=O)CCCCCC(=O)N/N=C(\C)C12CC3CC(CC(C3)C1)C2)C12CC3CC(CC(C3)C1)C2. The van der Waals surface area contributed by atoms with Crippen LogP contribution in [0.15, 0.2) is 10.2 Å². The van der Waals surface area contributed by atoms with E-state index in [0.29, 0.717) is 12.8 Å². The highest BCUT2D eigenvalue weighted by atomic mass is 16.2. The van der Waals surface area contributed by atoms with Crippen molar-refractivity contribution in [2.24, 2.45) is 56.5 Å². The predicted molar refractivity (Wildman–Crippen MR) is 147 cm³/mol. The van der Waals surface area contributed by atoms with Crippen molar-refractivity contribution in [1.82, 2.24) is 10.9 Å². The van der Waals surface area contributed by atoms with Crippen molar-refractivity contribution in [2.45, 2.75) is 123 Å². The molecule has 0 aliphatic heterocycles. The molecule has 204 valence electrons. The van der Waals surface area contributed by atoms with Gasteiger partial charge in [0, 0.05) is 35.1 Å². The van der Waals surface area contributed by atoms with Crippen molar-refractivity contribution in [3.8, 4) is 0 Å². The van der Waals surface area contributed by atoms with E-state index in [2.05, 4.69) is 34.9 Å². The van der Waals surface area contributed by atoms with Crippen molar-refractivity contribution in [3.63, 3.8) is 0 Å². The third-order valence-corrected chi connectivity index (χ3v) is 11.6. The van der Waals surface area contributed by atoms with E-state index in [-0.39, 0.29) is 22.6 Å². The number of nitrogens with one attached hydrogen (secondary N) is 2. The van der Waals surface area contributed by atoms with E-state index in [1.807, 2.05) is 0 Å². The first-order chi connectivity index (χ1) is 17.8. The van der Waals surface area contributed by atoms with Gasteiger partial charge >= 0.3 is 0 Å². The van der Waals surface area contributed by atoms with E-state index in [4.69, 9.17) is 0 Å². The van der Waals surface area contributed by atoms with Crippen LogP contribution in [0.1, 0.15) is 123 Å². The summed E-state index contributed by atoms with van der Waals surface area (Å²) in [6.07, 6.45) is 19.6. The van der Waals surface area contributed by atoms with Crippen LogP contribution < -0.4 is 10.9 Å². The Kier molecular flexibility index (Phi) is 6.98. The zero-order chi connectivity index (χ0) is 25.6. The van der Waals surface area contributed by atoms with Crippen LogP contribution in [0.3, 0.4) is 0 Å². The third kappa shape index (κ3) is 5.28. The molecule has 37 heavy (non-hydrogen) atoms. The van der Waals surface area contributed by atoms with Crippen LogP contribution in [0.2, 0.25) is 0 Å². The molecule has 0 spiro atoms. The number of rotatable bonds is 10. The number of unbranched alkanes of at least 4 members (excludes halogenated alkanes) is 2. The lowest BCUT2D eigenvalue weighted by atomic mass is 9.48. The van der Waals surface area contributed by atoms with Crippen LogP contribution >= 0.6 is 0 Å². The first-order valence-electron chi connectivity index (χ1n) is 15.5. The maximum Gasteiger partial charge on any atom is 0.240 e. The molecule has 2 amide bonds. The minimum atomic E-state index is 0.00401. The Hall–Kier alpha value is -1.72. The molecule has 0 heterocycles. The lowest BCUT2D eigenvalue weighted by molar-refractivity contribution is -0.121. The normalized spacial score (nSPS) is 41.8. The summed E-state index contributed by atoms with van der Waals surface area (Å²) in [4.78, 5) is 24.8. The maximum atomic E-state index is 12.4. The molecule has 8 bridgehead atoms. The van der Waals surface area contributed by atoms with E-state index in [1.54, 1.807) is 0 Å². The lowest BCUT2D eigenvalue weighted by Gasteiger charge is -2.56. The van der Waals surface area contributed by atoms with Gasteiger partial charge in [-0.2, -0.15) is 10.2 Å². The van der Waals surface area contributed by atoms with Gasteiger partial charge in [-0.3, -0.25) is 9.59 Å². The average molecular weight is 509 g/mol. The molecule has 0 aromatic carbocycles. The molecule has 0 unspecified atom stereocenters. The highest BCUT2D eigenvalue weighted by molar-refractivity contribution is 5.90. The molecule has 8 rings (SSSR count). The summed E-state index contributed by atoms with van der Waals surface area (Å²) in [5.74, 6) is 5.32. The fraction of sp³-hybridized carbons (Fsp3) is 0.871. The summed E-state index contributed by atoms with van der Waals surface area (Å²) in [5, 5.41) is 9.18. The molecule has 8 fully saturated rings. The van der Waals surface area contributed by atoms with Gasteiger partial charge in [-0.1, -0.05) is 6.42 Å². The monoisotopic (exact) mass is 508 g/mol. The minimum Gasteiger partial charge on any atom is -0.273 e. The summed E-state index contributed by atoms with van der Waals surface area (Å²) in [6, 6.07) is 0. The number of hydrogen-bond acceptors (Lipinski definition) is 4. The largest absolute Gasteiger partial charge is 0.273 e. The molecule has 0 aromatic heterocycles. The number of amides is 2. The van der Waals surface area contributed by atoms with E-state index < -0.39 is 0 Å². The van der Waals surface area contributed by atoms with Crippen molar-refractivity contribution in [2.75, 3.05) is 0 Å². The summed E-state index contributed by atoms with van der Waals surface area (Å²) in [6.45, 7) is 4.28. The quantitative estimate of drug-likeness (QED) is 0.205.